The highest BCUT2D eigenvalue weighted by Crippen LogP contribution is 2.55. The second-order valence-electron chi connectivity index (χ2n) is 20.4. The monoisotopic (exact) mass is 1050 g/mol. The SMILES string of the molecule is [C-]#[N+]c1c(-c2ccccc2)c(C#N)c(-n2c3c(ccc4c5ccccc5sc43)c3ccc4c5cccc(-c6ccccc6)c5sc4c32)c(-c2ccccc2)c1-n1c2ccccc2c2cc(-c3ccccc3)c(-c3ccccc3)cc21. The molecule has 16 aromatic rings. The molecule has 4 heterocycles. The molecule has 0 bridgehead atoms. The van der Waals surface area contributed by atoms with Crippen molar-refractivity contribution >= 4 is 112 Å². The molecular weight excluding hydrogens is 1010 g/mol. The third-order valence-corrected chi connectivity index (χ3v) is 18.6. The molecule has 4 aromatic heterocycles. The van der Waals surface area contributed by atoms with Gasteiger partial charge in [0.2, 0.25) is 5.69 Å². The van der Waals surface area contributed by atoms with Gasteiger partial charge in [0.05, 0.1) is 55.0 Å². The molecule has 0 fully saturated rings. The van der Waals surface area contributed by atoms with Gasteiger partial charge in [-0.3, -0.25) is 0 Å². The Morgan fingerprint density at radius 2 is 0.825 bits per heavy atom. The average Bonchev–Trinajstić information content (AvgIpc) is 4.34. The number of fused-ring (bicyclic) bond motifs is 14. The normalized spacial score (nSPS) is 11.7. The van der Waals surface area contributed by atoms with Crippen LogP contribution in [0.5, 0.6) is 0 Å². The molecule has 0 aliphatic rings. The van der Waals surface area contributed by atoms with E-state index in [9.17, 15) is 11.8 Å². The van der Waals surface area contributed by atoms with E-state index in [0.29, 0.717) is 22.5 Å². The van der Waals surface area contributed by atoms with Crippen LogP contribution >= 0.6 is 22.7 Å². The van der Waals surface area contributed by atoms with Crippen molar-refractivity contribution in [3.8, 4) is 73.1 Å². The number of aromatic nitrogens is 2. The van der Waals surface area contributed by atoms with Crippen LogP contribution in [0.15, 0.2) is 255 Å². The summed E-state index contributed by atoms with van der Waals surface area (Å²) in [5.74, 6) is 0. The van der Waals surface area contributed by atoms with Crippen LogP contribution in [0.3, 0.4) is 0 Å². The van der Waals surface area contributed by atoms with Crippen molar-refractivity contribution in [3.63, 3.8) is 0 Å². The van der Waals surface area contributed by atoms with E-state index in [4.69, 9.17) is 0 Å². The summed E-state index contributed by atoms with van der Waals surface area (Å²) in [7, 11) is 0. The van der Waals surface area contributed by atoms with Crippen molar-refractivity contribution in [2.24, 2.45) is 0 Å². The second-order valence-corrected chi connectivity index (χ2v) is 22.5. The maximum atomic E-state index is 12.4. The van der Waals surface area contributed by atoms with E-state index in [1.165, 1.54) is 25.7 Å². The number of hydrogen-bond donors (Lipinski definition) is 0. The van der Waals surface area contributed by atoms with Crippen LogP contribution in [0.25, 0.3) is 156 Å². The first kappa shape index (κ1) is 45.8. The Labute approximate surface area is 468 Å². The number of nitrogens with zero attached hydrogens (tertiary/aromatic N) is 4. The van der Waals surface area contributed by atoms with Gasteiger partial charge >= 0.3 is 0 Å². The van der Waals surface area contributed by atoms with Crippen molar-refractivity contribution in [1.29, 1.82) is 5.26 Å². The van der Waals surface area contributed by atoms with Gasteiger partial charge in [0.1, 0.15) is 6.07 Å². The summed E-state index contributed by atoms with van der Waals surface area (Å²) in [5.41, 5.74) is 16.1. The van der Waals surface area contributed by atoms with Crippen LogP contribution in [0.4, 0.5) is 5.69 Å². The molecule has 0 radical (unpaired) electrons. The van der Waals surface area contributed by atoms with Gasteiger partial charge in [0, 0.05) is 63.6 Å². The van der Waals surface area contributed by atoms with Gasteiger partial charge < -0.3 is 9.13 Å². The van der Waals surface area contributed by atoms with Crippen LogP contribution in [-0.4, -0.2) is 9.13 Å². The lowest BCUT2D eigenvalue weighted by Gasteiger charge is -2.26. The standard InChI is InChI=1S/C74H42N4S2/c1-76-67-65(48-28-13-5-14-29-48)61(44-75)68(66(49-30-15-6-16-31-49)71(67)77-62-36-19-17-32-51(62)60-42-58(46-24-9-3-10-25-46)59(43-63(60)77)47-26-11-4-12-27-47)78-69-53(38-40-56-52-33-18-20-37-64(52)79-73(56)69)54-39-41-57-55-35-21-34-50(45-22-7-2-8-23-45)72(55)80-74(57)70(54)78/h2-43H. The lowest BCUT2D eigenvalue weighted by atomic mass is 9.88. The van der Waals surface area contributed by atoms with Gasteiger partial charge in [0.15, 0.2) is 0 Å². The fourth-order valence-corrected chi connectivity index (χ4v) is 15.4. The number of rotatable bonds is 7. The second kappa shape index (κ2) is 18.1. The summed E-state index contributed by atoms with van der Waals surface area (Å²) in [4.78, 5) is 4.67. The highest BCUT2D eigenvalue weighted by Gasteiger charge is 2.33. The molecule has 370 valence electrons. The Morgan fingerprint density at radius 1 is 0.350 bits per heavy atom. The lowest BCUT2D eigenvalue weighted by Crippen LogP contribution is -2.09. The van der Waals surface area contributed by atoms with E-state index in [1.54, 1.807) is 11.3 Å². The third kappa shape index (κ3) is 6.71. The molecule has 4 nitrogen and oxygen atoms in total. The van der Waals surface area contributed by atoms with Crippen molar-refractivity contribution in [3.05, 3.63) is 272 Å². The molecule has 80 heavy (non-hydrogen) atoms. The van der Waals surface area contributed by atoms with Crippen LogP contribution < -0.4 is 0 Å². The molecule has 0 unspecified atom stereocenters. The minimum atomic E-state index is 0.402. The topological polar surface area (TPSA) is 38.0 Å². The van der Waals surface area contributed by atoms with Crippen LogP contribution in [0.1, 0.15) is 5.56 Å². The quantitative estimate of drug-likeness (QED) is 0.147. The summed E-state index contributed by atoms with van der Waals surface area (Å²) in [6, 6.07) is 93.3. The molecule has 0 aliphatic carbocycles. The maximum absolute atomic E-state index is 12.4. The predicted molar refractivity (Wildman–Crippen MR) is 339 cm³/mol. The number of thiophene rings is 2. The Balaban J connectivity index is 1.17. The molecule has 0 amide bonds. The van der Waals surface area contributed by atoms with Crippen LogP contribution in [0.2, 0.25) is 0 Å². The molecule has 6 heteroatoms. The molecule has 0 spiro atoms. The van der Waals surface area contributed by atoms with E-state index < -0.39 is 0 Å². The van der Waals surface area contributed by atoms with Gasteiger partial charge in [0.25, 0.3) is 0 Å². The summed E-state index contributed by atoms with van der Waals surface area (Å²) in [6.45, 7) is 9.58. The number of hydrogen-bond acceptors (Lipinski definition) is 3. The van der Waals surface area contributed by atoms with Gasteiger partial charge in [-0.25, -0.2) is 4.85 Å². The summed E-state index contributed by atoms with van der Waals surface area (Å²) < 4.78 is 9.48. The molecule has 0 N–H and O–H groups in total. The maximum Gasteiger partial charge on any atom is 0.220 e. The molecule has 0 aliphatic heterocycles. The van der Waals surface area contributed by atoms with Gasteiger partial charge in [-0.2, -0.15) is 5.26 Å². The van der Waals surface area contributed by atoms with E-state index in [2.05, 4.69) is 251 Å². The third-order valence-electron chi connectivity index (χ3n) is 16.2. The summed E-state index contributed by atoms with van der Waals surface area (Å²) >= 11 is 3.62. The highest BCUT2D eigenvalue weighted by molar-refractivity contribution is 7.27. The first-order chi connectivity index (χ1) is 39.7. The fraction of sp³-hybridized carbons (Fsp3) is 0. The molecule has 0 atom stereocenters. The summed E-state index contributed by atoms with van der Waals surface area (Å²) in [6.07, 6.45) is 0. The van der Waals surface area contributed by atoms with E-state index in [1.807, 2.05) is 35.6 Å². The molecular formula is C74H42N4S2. The van der Waals surface area contributed by atoms with Crippen molar-refractivity contribution < 1.29 is 0 Å². The number of para-hydroxylation sites is 1. The average molecular weight is 1050 g/mol. The van der Waals surface area contributed by atoms with Crippen molar-refractivity contribution in [2.45, 2.75) is 0 Å². The zero-order chi connectivity index (χ0) is 53.0. The zero-order valence-corrected chi connectivity index (χ0v) is 44.5. The Morgan fingerprint density at radius 3 is 1.44 bits per heavy atom. The first-order valence-electron chi connectivity index (χ1n) is 26.8. The Kier molecular flexibility index (Phi) is 10.4. The molecule has 12 aromatic carbocycles. The van der Waals surface area contributed by atoms with E-state index in [0.717, 1.165) is 114 Å². The predicted octanol–water partition coefficient (Wildman–Crippen LogP) is 21.4. The minimum absolute atomic E-state index is 0.402. The zero-order valence-electron chi connectivity index (χ0n) is 42.9. The first-order valence-corrected chi connectivity index (χ1v) is 28.4. The van der Waals surface area contributed by atoms with E-state index >= 15 is 0 Å². The number of benzene rings is 12. The Bertz CT molecular complexity index is 5290. The van der Waals surface area contributed by atoms with Gasteiger partial charge in [-0.15, -0.1) is 22.7 Å². The Hall–Kier alpha value is -10.3. The highest BCUT2D eigenvalue weighted by atomic mass is 32.1. The van der Waals surface area contributed by atoms with Gasteiger partial charge in [-0.05, 0) is 68.8 Å². The molecule has 0 saturated carbocycles. The largest absolute Gasteiger partial charge is 0.318 e. The number of nitriles is 1. The molecule has 0 saturated heterocycles. The van der Waals surface area contributed by atoms with Crippen molar-refractivity contribution in [2.75, 3.05) is 0 Å². The minimum Gasteiger partial charge on any atom is -0.318 e. The van der Waals surface area contributed by atoms with Gasteiger partial charge in [-0.1, -0.05) is 231 Å². The molecule has 16 rings (SSSR count). The summed E-state index contributed by atoms with van der Waals surface area (Å²) in [5, 5.41) is 21.4. The van der Waals surface area contributed by atoms with Crippen molar-refractivity contribution in [1.82, 2.24) is 9.13 Å². The fourth-order valence-electron chi connectivity index (χ4n) is 12.8. The van der Waals surface area contributed by atoms with Crippen LogP contribution in [-0.2, 0) is 0 Å². The van der Waals surface area contributed by atoms with Crippen LogP contribution in [0, 0.1) is 17.9 Å². The smallest absolute Gasteiger partial charge is 0.220 e. The van der Waals surface area contributed by atoms with E-state index in [-0.39, 0.29) is 0 Å². The lowest BCUT2D eigenvalue weighted by molar-refractivity contribution is 1.14.